The van der Waals surface area contributed by atoms with Gasteiger partial charge in [-0.25, -0.2) is 4.99 Å². The minimum atomic E-state index is 0.615. The maximum Gasteiger partial charge on any atom is 0.281 e. The Morgan fingerprint density at radius 3 is 2.72 bits per heavy atom. The van der Waals surface area contributed by atoms with Gasteiger partial charge in [0.1, 0.15) is 16.9 Å². The van der Waals surface area contributed by atoms with Crippen molar-refractivity contribution in [3.8, 4) is 22.1 Å². The SMILES string of the molecule is C1=C2N=c3sc(Oc4ccccc4-c4cccc5ccccc45)nc3=CN2CC1. The lowest BCUT2D eigenvalue weighted by molar-refractivity contribution is 0.478. The van der Waals surface area contributed by atoms with Crippen LogP contribution in [-0.4, -0.2) is 16.4 Å². The lowest BCUT2D eigenvalue weighted by Gasteiger charge is -2.14. The van der Waals surface area contributed by atoms with Crippen LogP contribution in [0.5, 0.6) is 10.9 Å². The van der Waals surface area contributed by atoms with Crippen LogP contribution in [0.4, 0.5) is 0 Å². The number of para-hydroxylation sites is 1. The van der Waals surface area contributed by atoms with Crippen LogP contribution in [-0.2, 0) is 0 Å². The van der Waals surface area contributed by atoms with Crippen molar-refractivity contribution < 1.29 is 4.74 Å². The third-order valence-corrected chi connectivity index (χ3v) is 6.11. The minimum Gasteiger partial charge on any atom is -0.430 e. The predicted molar refractivity (Wildman–Crippen MR) is 116 cm³/mol. The van der Waals surface area contributed by atoms with Crippen molar-refractivity contribution in [2.75, 3.05) is 6.54 Å². The molecule has 29 heavy (non-hydrogen) atoms. The van der Waals surface area contributed by atoms with Crippen molar-refractivity contribution in [1.29, 1.82) is 0 Å². The van der Waals surface area contributed by atoms with E-state index in [9.17, 15) is 0 Å². The van der Waals surface area contributed by atoms with Crippen molar-refractivity contribution in [1.82, 2.24) is 9.88 Å². The molecular weight excluding hydrogens is 378 g/mol. The lowest BCUT2D eigenvalue weighted by atomic mass is 9.98. The summed E-state index contributed by atoms with van der Waals surface area (Å²) in [5, 5.41) is 3.92. The van der Waals surface area contributed by atoms with E-state index < -0.39 is 0 Å². The highest BCUT2D eigenvalue weighted by Gasteiger charge is 2.18. The van der Waals surface area contributed by atoms with Crippen LogP contribution >= 0.6 is 11.3 Å². The first-order valence-corrected chi connectivity index (χ1v) is 10.5. The maximum absolute atomic E-state index is 6.28. The lowest BCUT2D eigenvalue weighted by Crippen LogP contribution is -2.31. The zero-order valence-corrected chi connectivity index (χ0v) is 16.4. The number of benzene rings is 3. The molecule has 0 saturated heterocycles. The fraction of sp³-hybridized carbons (Fsp3) is 0.0833. The largest absolute Gasteiger partial charge is 0.430 e. The molecule has 0 amide bonds. The average molecular weight is 395 g/mol. The van der Waals surface area contributed by atoms with E-state index in [-0.39, 0.29) is 0 Å². The van der Waals surface area contributed by atoms with E-state index in [0.29, 0.717) is 5.19 Å². The zero-order chi connectivity index (χ0) is 19.2. The highest BCUT2D eigenvalue weighted by atomic mass is 32.1. The molecule has 0 spiro atoms. The molecule has 3 heterocycles. The summed E-state index contributed by atoms with van der Waals surface area (Å²) in [7, 11) is 0. The second kappa shape index (κ2) is 6.57. The molecule has 5 heteroatoms. The van der Waals surface area contributed by atoms with Gasteiger partial charge in [-0.15, -0.1) is 0 Å². The molecule has 0 atom stereocenters. The van der Waals surface area contributed by atoms with Gasteiger partial charge in [0.05, 0.1) is 0 Å². The summed E-state index contributed by atoms with van der Waals surface area (Å²) in [4.78, 5) is 11.6. The standard InChI is InChI=1S/C24H17N3OS/c1-2-9-17-16(7-1)8-5-11-18(17)19-10-3-4-12-21(19)28-24-25-20-15-27-14-6-13-22(27)26-23(20)29-24/h1-5,7-13,15H,6,14H2. The summed E-state index contributed by atoms with van der Waals surface area (Å²) in [6.07, 6.45) is 5.27. The van der Waals surface area contributed by atoms with Crippen LogP contribution in [0.15, 0.2) is 83.6 Å². The number of nitrogens with zero attached hydrogens (tertiary/aromatic N) is 3. The number of hydrogen-bond donors (Lipinski definition) is 0. The Morgan fingerprint density at radius 2 is 1.72 bits per heavy atom. The Bertz CT molecular complexity index is 1400. The van der Waals surface area contributed by atoms with E-state index in [2.05, 4.69) is 70.7 Å². The molecule has 3 aromatic carbocycles. The smallest absolute Gasteiger partial charge is 0.281 e. The Kier molecular flexibility index (Phi) is 3.74. The molecule has 0 fully saturated rings. The quantitative estimate of drug-likeness (QED) is 0.506. The molecule has 140 valence electrons. The molecule has 0 aliphatic carbocycles. The van der Waals surface area contributed by atoms with Crippen LogP contribution in [0.25, 0.3) is 28.1 Å². The average Bonchev–Trinajstić information content (AvgIpc) is 3.37. The first-order chi connectivity index (χ1) is 14.3. The molecule has 1 aromatic heterocycles. The van der Waals surface area contributed by atoms with Gasteiger partial charge >= 0.3 is 0 Å². The van der Waals surface area contributed by atoms with E-state index >= 15 is 0 Å². The van der Waals surface area contributed by atoms with Gasteiger partial charge in [0.25, 0.3) is 5.19 Å². The van der Waals surface area contributed by atoms with E-state index in [4.69, 9.17) is 9.73 Å². The maximum atomic E-state index is 6.28. The van der Waals surface area contributed by atoms with Crippen molar-refractivity contribution >= 4 is 28.3 Å². The Hall–Kier alpha value is -3.44. The highest BCUT2D eigenvalue weighted by molar-refractivity contribution is 7.10. The molecule has 2 aliphatic heterocycles. The van der Waals surface area contributed by atoms with Crippen LogP contribution in [0.3, 0.4) is 0 Å². The zero-order valence-electron chi connectivity index (χ0n) is 15.6. The van der Waals surface area contributed by atoms with Crippen LogP contribution < -0.4 is 14.8 Å². The van der Waals surface area contributed by atoms with Gasteiger partial charge < -0.3 is 9.64 Å². The fourth-order valence-corrected chi connectivity index (χ4v) is 4.68. The molecule has 0 radical (unpaired) electrons. The van der Waals surface area contributed by atoms with E-state index in [0.717, 1.165) is 45.7 Å². The Morgan fingerprint density at radius 1 is 0.897 bits per heavy atom. The monoisotopic (exact) mass is 395 g/mol. The summed E-state index contributed by atoms with van der Waals surface area (Å²) in [5.74, 6) is 1.82. The molecule has 0 saturated carbocycles. The van der Waals surface area contributed by atoms with Gasteiger partial charge in [0.15, 0.2) is 4.67 Å². The molecule has 0 unspecified atom stereocenters. The van der Waals surface area contributed by atoms with Crippen LogP contribution in [0, 0.1) is 0 Å². The number of aromatic nitrogens is 1. The molecule has 0 bridgehead atoms. The highest BCUT2D eigenvalue weighted by Crippen LogP contribution is 2.37. The number of rotatable bonds is 3. The van der Waals surface area contributed by atoms with Crippen LogP contribution in [0.2, 0.25) is 0 Å². The second-order valence-electron chi connectivity index (χ2n) is 7.08. The minimum absolute atomic E-state index is 0.615. The van der Waals surface area contributed by atoms with Gasteiger partial charge in [-0.05, 0) is 34.9 Å². The molecule has 6 rings (SSSR count). The summed E-state index contributed by atoms with van der Waals surface area (Å²) in [6, 6.07) is 22.9. The third kappa shape index (κ3) is 2.82. The first-order valence-electron chi connectivity index (χ1n) is 9.64. The van der Waals surface area contributed by atoms with Crippen LogP contribution in [0.1, 0.15) is 6.42 Å². The van der Waals surface area contributed by atoms with E-state index in [1.807, 2.05) is 18.2 Å². The first kappa shape index (κ1) is 16.5. The molecule has 4 nitrogen and oxygen atoms in total. The third-order valence-electron chi connectivity index (χ3n) is 5.26. The van der Waals surface area contributed by atoms with Gasteiger partial charge in [-0.2, -0.15) is 4.98 Å². The van der Waals surface area contributed by atoms with Crippen molar-refractivity contribution in [2.45, 2.75) is 6.42 Å². The molecule has 0 N–H and O–H groups in total. The molecular formula is C24H17N3OS. The summed E-state index contributed by atoms with van der Waals surface area (Å²) >= 11 is 1.49. The number of ether oxygens (including phenoxy) is 1. The topological polar surface area (TPSA) is 37.7 Å². The summed E-state index contributed by atoms with van der Waals surface area (Å²) < 4.78 is 7.19. The van der Waals surface area contributed by atoms with Crippen molar-refractivity contribution in [2.24, 2.45) is 4.99 Å². The fourth-order valence-electron chi connectivity index (χ4n) is 3.90. The normalized spacial score (nSPS) is 14.6. The Labute approximate surface area is 171 Å². The number of hydrogen-bond acceptors (Lipinski definition) is 5. The summed E-state index contributed by atoms with van der Waals surface area (Å²) in [6.45, 7) is 0.968. The second-order valence-corrected chi connectivity index (χ2v) is 8.02. The number of fused-ring (bicyclic) bond motifs is 3. The Balaban J connectivity index is 1.44. The summed E-state index contributed by atoms with van der Waals surface area (Å²) in [5.41, 5.74) is 2.21. The molecule has 4 aromatic rings. The molecule has 2 aliphatic rings. The van der Waals surface area contributed by atoms with E-state index in [1.165, 1.54) is 22.1 Å². The van der Waals surface area contributed by atoms with Gasteiger partial charge in [-0.3, -0.25) is 0 Å². The van der Waals surface area contributed by atoms with Crippen molar-refractivity contribution in [3.63, 3.8) is 0 Å². The van der Waals surface area contributed by atoms with Gasteiger partial charge in [-0.1, -0.05) is 72.0 Å². The van der Waals surface area contributed by atoms with Gasteiger partial charge in [0.2, 0.25) is 0 Å². The predicted octanol–water partition coefficient (Wildman–Crippen LogP) is 4.67. The number of thiazole rings is 1. The van der Waals surface area contributed by atoms with Gasteiger partial charge in [0, 0.05) is 18.3 Å². The van der Waals surface area contributed by atoms with Crippen molar-refractivity contribution in [3.05, 3.63) is 88.6 Å². The van der Waals surface area contributed by atoms with E-state index in [1.54, 1.807) is 0 Å².